The van der Waals surface area contributed by atoms with Gasteiger partial charge in [0, 0.05) is 38.3 Å². The second-order valence-electron chi connectivity index (χ2n) is 6.44. The van der Waals surface area contributed by atoms with Crippen LogP contribution in [0.1, 0.15) is 24.7 Å². The third-order valence-electron chi connectivity index (χ3n) is 4.69. The normalized spacial score (nSPS) is 14.8. The molecule has 1 fully saturated rings. The third kappa shape index (κ3) is 3.92. The van der Waals surface area contributed by atoms with Gasteiger partial charge in [0.1, 0.15) is 12.4 Å². The molecule has 1 aromatic heterocycles. The minimum atomic E-state index is 0.110. The van der Waals surface area contributed by atoms with Crippen LogP contribution >= 0.6 is 12.2 Å². The summed E-state index contributed by atoms with van der Waals surface area (Å²) in [6, 6.07) is 8.40. The van der Waals surface area contributed by atoms with E-state index in [0.717, 1.165) is 44.8 Å². The molecule has 6 nitrogen and oxygen atoms in total. The average molecular weight is 359 g/mol. The van der Waals surface area contributed by atoms with Gasteiger partial charge in [-0.15, -0.1) is 0 Å². The molecule has 134 valence electrons. The van der Waals surface area contributed by atoms with Crippen LogP contribution in [0, 0.1) is 11.7 Å². The number of H-pyrrole nitrogens is 1. The number of carbonyl (C=O) groups is 1. The molecule has 25 heavy (non-hydrogen) atoms. The number of rotatable bonds is 5. The number of amides is 1. The van der Waals surface area contributed by atoms with Crippen molar-refractivity contribution >= 4 is 23.8 Å². The van der Waals surface area contributed by atoms with Crippen molar-refractivity contribution in [3.05, 3.63) is 40.4 Å². The molecule has 0 bridgehead atoms. The number of hydrogen-bond acceptors (Lipinski definition) is 4. The molecule has 3 rings (SSSR count). The Morgan fingerprint density at radius 1 is 1.24 bits per heavy atom. The van der Waals surface area contributed by atoms with Crippen LogP contribution in [-0.2, 0) is 17.8 Å². The van der Waals surface area contributed by atoms with Crippen LogP contribution in [0.15, 0.2) is 24.3 Å². The fourth-order valence-electron chi connectivity index (χ4n) is 3.28. The lowest BCUT2D eigenvalue weighted by molar-refractivity contribution is -0.132. The van der Waals surface area contributed by atoms with E-state index in [2.05, 4.69) is 53.2 Å². The Kier molecular flexibility index (Phi) is 5.53. The minimum absolute atomic E-state index is 0.110. The fraction of sp³-hybridized carbons (Fsp3) is 0.500. The topological polar surface area (TPSA) is 57.2 Å². The quantitative estimate of drug-likeness (QED) is 0.834. The van der Waals surface area contributed by atoms with Crippen molar-refractivity contribution in [2.24, 2.45) is 0 Å². The Balaban J connectivity index is 1.62. The number of aromatic nitrogens is 3. The Labute approximate surface area is 153 Å². The number of benzene rings is 1. The molecule has 1 aromatic carbocycles. The molecule has 0 saturated carbocycles. The van der Waals surface area contributed by atoms with E-state index in [1.165, 1.54) is 11.3 Å². The first-order valence-electron chi connectivity index (χ1n) is 8.82. The zero-order chi connectivity index (χ0) is 17.8. The maximum absolute atomic E-state index is 12.7. The van der Waals surface area contributed by atoms with Crippen LogP contribution in [0.2, 0.25) is 0 Å². The highest BCUT2D eigenvalue weighted by molar-refractivity contribution is 7.71. The highest BCUT2D eigenvalue weighted by atomic mass is 32.1. The second kappa shape index (κ2) is 7.82. The zero-order valence-corrected chi connectivity index (χ0v) is 15.7. The Morgan fingerprint density at radius 2 is 1.96 bits per heavy atom. The molecule has 2 aromatic rings. The summed E-state index contributed by atoms with van der Waals surface area (Å²) in [7, 11) is 0. The molecule has 1 aliphatic rings. The van der Waals surface area contributed by atoms with E-state index in [1.54, 1.807) is 0 Å². The molecule has 0 atom stereocenters. The first-order valence-corrected chi connectivity index (χ1v) is 9.23. The van der Waals surface area contributed by atoms with Gasteiger partial charge < -0.3 is 9.80 Å². The van der Waals surface area contributed by atoms with Gasteiger partial charge in [-0.05, 0) is 37.2 Å². The molecule has 1 saturated heterocycles. The number of piperazine rings is 1. The van der Waals surface area contributed by atoms with Gasteiger partial charge in [0.15, 0.2) is 4.77 Å². The summed E-state index contributed by atoms with van der Waals surface area (Å²) in [6.07, 6.45) is 1.80. The second-order valence-corrected chi connectivity index (χ2v) is 6.82. The van der Waals surface area contributed by atoms with E-state index < -0.39 is 0 Å². The van der Waals surface area contributed by atoms with Gasteiger partial charge in [-0.25, -0.2) is 0 Å². The fourth-order valence-corrected chi connectivity index (χ4v) is 3.49. The number of hydrogen-bond donors (Lipinski definition) is 1. The average Bonchev–Trinajstić information content (AvgIpc) is 2.96. The molecule has 1 N–H and O–H groups in total. The van der Waals surface area contributed by atoms with E-state index in [1.807, 2.05) is 9.47 Å². The Hall–Kier alpha value is -2.15. The first-order chi connectivity index (χ1) is 12.1. The lowest BCUT2D eigenvalue weighted by Crippen LogP contribution is -2.49. The molecular formula is C18H25N5OS. The number of anilines is 1. The third-order valence-corrected chi connectivity index (χ3v) is 5.00. The predicted octanol–water partition coefficient (Wildman–Crippen LogP) is 2.55. The summed E-state index contributed by atoms with van der Waals surface area (Å²) in [4.78, 5) is 17.0. The molecule has 0 unspecified atom stereocenters. The van der Waals surface area contributed by atoms with Crippen molar-refractivity contribution in [1.29, 1.82) is 0 Å². The lowest BCUT2D eigenvalue weighted by atomic mass is 10.1. The van der Waals surface area contributed by atoms with Crippen LogP contribution in [0.3, 0.4) is 0 Å². The van der Waals surface area contributed by atoms with Crippen molar-refractivity contribution in [3.63, 3.8) is 0 Å². The van der Waals surface area contributed by atoms with Crippen molar-refractivity contribution < 1.29 is 4.79 Å². The largest absolute Gasteiger partial charge is 0.368 e. The van der Waals surface area contributed by atoms with Crippen LogP contribution < -0.4 is 4.90 Å². The van der Waals surface area contributed by atoms with Crippen LogP contribution in [-0.4, -0.2) is 51.8 Å². The summed E-state index contributed by atoms with van der Waals surface area (Å²) in [5, 5.41) is 7.03. The summed E-state index contributed by atoms with van der Waals surface area (Å²) in [5.74, 6) is 0.971. The maximum Gasteiger partial charge on any atom is 0.242 e. The summed E-state index contributed by atoms with van der Waals surface area (Å²) >= 11 is 5.27. The zero-order valence-electron chi connectivity index (χ0n) is 14.9. The van der Waals surface area contributed by atoms with E-state index >= 15 is 0 Å². The predicted molar refractivity (Wildman–Crippen MR) is 101 cm³/mol. The SMILES string of the molecule is CCCc1n[nH]c(=S)n1CC(=O)N1CCN(c2ccccc2C)CC1. The van der Waals surface area contributed by atoms with Gasteiger partial charge in [-0.1, -0.05) is 25.1 Å². The lowest BCUT2D eigenvalue weighted by Gasteiger charge is -2.37. The maximum atomic E-state index is 12.7. The highest BCUT2D eigenvalue weighted by Crippen LogP contribution is 2.20. The van der Waals surface area contributed by atoms with Gasteiger partial charge >= 0.3 is 0 Å². The van der Waals surface area contributed by atoms with Crippen molar-refractivity contribution in [1.82, 2.24) is 19.7 Å². The summed E-state index contributed by atoms with van der Waals surface area (Å²) in [5.41, 5.74) is 2.54. The molecule has 0 spiro atoms. The Morgan fingerprint density at radius 3 is 2.64 bits per heavy atom. The first kappa shape index (κ1) is 17.7. The molecule has 0 aliphatic carbocycles. The summed E-state index contributed by atoms with van der Waals surface area (Å²) in [6.45, 7) is 7.68. The van der Waals surface area contributed by atoms with E-state index in [4.69, 9.17) is 12.2 Å². The van der Waals surface area contributed by atoms with Gasteiger partial charge in [-0.3, -0.25) is 14.5 Å². The monoisotopic (exact) mass is 359 g/mol. The van der Waals surface area contributed by atoms with Crippen LogP contribution in [0.4, 0.5) is 5.69 Å². The van der Waals surface area contributed by atoms with Crippen molar-refractivity contribution in [3.8, 4) is 0 Å². The van der Waals surface area contributed by atoms with Crippen LogP contribution in [0.5, 0.6) is 0 Å². The number of carbonyl (C=O) groups excluding carboxylic acids is 1. The molecule has 2 heterocycles. The van der Waals surface area contributed by atoms with Gasteiger partial charge in [0.05, 0.1) is 0 Å². The number of nitrogens with zero attached hydrogens (tertiary/aromatic N) is 4. The van der Waals surface area contributed by atoms with Gasteiger partial charge in [0.2, 0.25) is 5.91 Å². The number of aromatic amines is 1. The van der Waals surface area contributed by atoms with E-state index in [-0.39, 0.29) is 12.5 Å². The molecule has 0 radical (unpaired) electrons. The number of aryl methyl sites for hydroxylation is 2. The van der Waals surface area contributed by atoms with Crippen molar-refractivity contribution in [2.45, 2.75) is 33.2 Å². The van der Waals surface area contributed by atoms with E-state index in [0.29, 0.717) is 4.77 Å². The Bertz CT molecular complexity index is 789. The van der Waals surface area contributed by atoms with Gasteiger partial charge in [0.25, 0.3) is 0 Å². The van der Waals surface area contributed by atoms with Crippen LogP contribution in [0.25, 0.3) is 0 Å². The highest BCUT2D eigenvalue weighted by Gasteiger charge is 2.23. The molecule has 1 amide bonds. The van der Waals surface area contributed by atoms with E-state index in [9.17, 15) is 4.79 Å². The standard InChI is InChI=1S/C18H25N5OS/c1-3-6-16-19-20-18(25)23(16)13-17(24)22-11-9-21(10-12-22)15-8-5-4-7-14(15)2/h4-5,7-8H,3,6,9-13H2,1-2H3,(H,20,25). The van der Waals surface area contributed by atoms with Crippen molar-refractivity contribution in [2.75, 3.05) is 31.1 Å². The minimum Gasteiger partial charge on any atom is -0.368 e. The molecule has 7 heteroatoms. The van der Waals surface area contributed by atoms with Gasteiger partial charge in [-0.2, -0.15) is 5.10 Å². The summed E-state index contributed by atoms with van der Waals surface area (Å²) < 4.78 is 2.35. The smallest absolute Gasteiger partial charge is 0.242 e. The number of para-hydroxylation sites is 1. The number of nitrogens with one attached hydrogen (secondary N) is 1. The molecular weight excluding hydrogens is 334 g/mol. The molecule has 1 aliphatic heterocycles.